The third-order valence-electron chi connectivity index (χ3n) is 17.8. The zero-order valence-electron chi connectivity index (χ0n) is 41.8. The number of amides is 4. The third kappa shape index (κ3) is 8.55. The van der Waals surface area contributed by atoms with Crippen molar-refractivity contribution < 1.29 is 27.6 Å². The van der Waals surface area contributed by atoms with Gasteiger partial charge >= 0.3 is 0 Å². The van der Waals surface area contributed by atoms with Crippen LogP contribution in [0.3, 0.4) is 0 Å². The number of sulfonamides is 1. The predicted molar refractivity (Wildman–Crippen MR) is 275 cm³/mol. The molecule has 9 heterocycles. The van der Waals surface area contributed by atoms with Crippen LogP contribution in [0.5, 0.6) is 0 Å². The summed E-state index contributed by atoms with van der Waals surface area (Å²) in [6.07, 6.45) is 15.4. The number of hydrogen-bond donors (Lipinski definition) is 2. The number of aromatic nitrogens is 4. The molecule has 4 aromatic rings. The van der Waals surface area contributed by atoms with Gasteiger partial charge in [0, 0.05) is 93.2 Å². The molecular weight excluding hydrogens is 931 g/mol. The molecule has 4 amide bonds. The van der Waals surface area contributed by atoms with Gasteiger partial charge in [0.1, 0.15) is 11.3 Å². The molecular formula is C54H69N11O6S. The Kier molecular flexibility index (Phi) is 12.4. The van der Waals surface area contributed by atoms with Crippen molar-refractivity contribution in [3.8, 4) is 11.3 Å². The monoisotopic (exact) mass is 1000 g/mol. The van der Waals surface area contributed by atoms with E-state index < -0.39 is 26.6 Å². The van der Waals surface area contributed by atoms with E-state index in [0.29, 0.717) is 103 Å². The SMILES string of the molecule is CC(C)n1cnc2cc(-c3ccc4c(c3)N(C3CC(N5CCCCC5)C3)C(=O)C43CCN(C(=O)C4CCN(S(=O)(=O)C5CCN(c6ccc(C7CCC(=O)NC7=O)cn6)CC5)CC4)CC3)nc(NC3CC3)c21. The van der Waals surface area contributed by atoms with Crippen LogP contribution < -0.4 is 20.4 Å². The summed E-state index contributed by atoms with van der Waals surface area (Å²) in [5.74, 6) is 0.632. The molecule has 7 fully saturated rings. The number of carbonyl (C=O) groups excluding carboxylic acids is 4. The minimum absolute atomic E-state index is 0.0737. The number of piperidine rings is 5. The van der Waals surface area contributed by atoms with Gasteiger partial charge in [-0.1, -0.05) is 24.6 Å². The average molecular weight is 1000 g/mol. The summed E-state index contributed by atoms with van der Waals surface area (Å²) in [5, 5.41) is 5.60. The van der Waals surface area contributed by atoms with E-state index in [9.17, 15) is 22.8 Å². The standard InChI is InChI=1S/C54H69N11O6S/c1-34(2)64-33-56-45-31-44(58-50(49(45)64)57-38-8-9-38)36-6-11-43-46(28-36)65(40-29-39(30-40)60-20-4-3-5-21-60)53(69)54(43)18-26-62(27-19-54)52(68)35-14-24-63(25-15-35)72(70,71)41-16-22-61(23-17-41)47-12-7-37(32-55-47)42-10-13-48(66)59-51(42)67/h6-7,11-12,28,31-35,38-42H,3-5,8-10,13-27,29-30H2,1-2H3,(H,57,58)(H,59,66,67). The van der Waals surface area contributed by atoms with E-state index in [1.807, 2.05) is 23.4 Å². The topological polar surface area (TPSA) is 186 Å². The molecule has 1 spiro atoms. The molecule has 12 rings (SSSR count). The first-order valence-corrected chi connectivity index (χ1v) is 28.5. The number of hydrogen-bond acceptors (Lipinski definition) is 12. The van der Waals surface area contributed by atoms with Crippen molar-refractivity contribution in [2.75, 3.05) is 67.5 Å². The highest BCUT2D eigenvalue weighted by atomic mass is 32.2. The summed E-state index contributed by atoms with van der Waals surface area (Å²) >= 11 is 0. The fourth-order valence-corrected chi connectivity index (χ4v) is 15.1. The second-order valence-electron chi connectivity index (χ2n) is 22.4. The summed E-state index contributed by atoms with van der Waals surface area (Å²) in [6.45, 7) is 9.31. The molecule has 17 nitrogen and oxygen atoms in total. The summed E-state index contributed by atoms with van der Waals surface area (Å²) < 4.78 is 31.9. The predicted octanol–water partition coefficient (Wildman–Crippen LogP) is 6.10. The lowest BCUT2D eigenvalue weighted by Crippen LogP contribution is -2.58. The van der Waals surface area contributed by atoms with Crippen LogP contribution in [-0.4, -0.2) is 141 Å². The van der Waals surface area contributed by atoms with Crippen molar-refractivity contribution >= 4 is 62.0 Å². The van der Waals surface area contributed by atoms with Gasteiger partial charge in [-0.3, -0.25) is 24.5 Å². The lowest BCUT2D eigenvalue weighted by atomic mass is 9.73. The van der Waals surface area contributed by atoms with E-state index in [-0.39, 0.29) is 41.6 Å². The molecule has 0 radical (unpaired) electrons. The number of nitrogens with zero attached hydrogens (tertiary/aromatic N) is 9. The number of rotatable bonds is 11. The van der Waals surface area contributed by atoms with Crippen molar-refractivity contribution in [2.24, 2.45) is 5.92 Å². The number of fused-ring (bicyclic) bond motifs is 3. The molecule has 3 aromatic heterocycles. The van der Waals surface area contributed by atoms with Gasteiger partial charge < -0.3 is 29.5 Å². The lowest BCUT2D eigenvalue weighted by molar-refractivity contribution is -0.140. The van der Waals surface area contributed by atoms with E-state index in [2.05, 4.69) is 73.0 Å². The van der Waals surface area contributed by atoms with E-state index >= 15 is 4.79 Å². The first-order valence-electron chi connectivity index (χ1n) is 27.0. The molecule has 1 unspecified atom stereocenters. The minimum Gasteiger partial charge on any atom is -0.366 e. The molecule has 382 valence electrons. The Labute approximate surface area is 422 Å². The fraction of sp³-hybridized carbons (Fsp3) is 0.611. The Hall–Kier alpha value is -5.46. The molecule has 8 aliphatic rings. The van der Waals surface area contributed by atoms with Crippen LogP contribution in [0, 0.1) is 5.92 Å². The summed E-state index contributed by atoms with van der Waals surface area (Å²) in [5.41, 5.74) is 5.84. The molecule has 72 heavy (non-hydrogen) atoms. The minimum atomic E-state index is -3.57. The number of imidazole rings is 1. The average Bonchev–Trinajstić information content (AvgIpc) is 4.05. The van der Waals surface area contributed by atoms with E-state index in [1.54, 1.807) is 10.5 Å². The van der Waals surface area contributed by atoms with Crippen molar-refractivity contribution in [2.45, 2.75) is 151 Å². The van der Waals surface area contributed by atoms with Gasteiger partial charge in [0.25, 0.3) is 0 Å². The van der Waals surface area contributed by atoms with Gasteiger partial charge in [0.05, 0.1) is 34.1 Å². The van der Waals surface area contributed by atoms with Crippen LogP contribution in [-0.2, 0) is 34.6 Å². The summed E-state index contributed by atoms with van der Waals surface area (Å²) in [4.78, 5) is 77.0. The molecule has 1 atom stereocenters. The van der Waals surface area contributed by atoms with E-state index in [1.165, 1.54) is 19.3 Å². The molecule has 5 saturated heterocycles. The second-order valence-corrected chi connectivity index (χ2v) is 24.6. The number of nitrogens with one attached hydrogen (secondary N) is 2. The summed E-state index contributed by atoms with van der Waals surface area (Å²) in [7, 11) is -3.57. The van der Waals surface area contributed by atoms with Crippen molar-refractivity contribution in [3.63, 3.8) is 0 Å². The van der Waals surface area contributed by atoms with E-state index in [0.717, 1.165) is 89.5 Å². The zero-order valence-corrected chi connectivity index (χ0v) is 42.6. The van der Waals surface area contributed by atoms with Gasteiger partial charge in [-0.25, -0.2) is 27.7 Å². The number of benzene rings is 1. The second kappa shape index (κ2) is 18.8. The number of imide groups is 1. The number of carbonyl (C=O) groups is 4. The highest BCUT2D eigenvalue weighted by molar-refractivity contribution is 7.89. The van der Waals surface area contributed by atoms with Crippen LogP contribution in [0.1, 0.15) is 133 Å². The van der Waals surface area contributed by atoms with Crippen molar-refractivity contribution in [3.05, 3.63) is 60.0 Å². The van der Waals surface area contributed by atoms with Crippen LogP contribution in [0.4, 0.5) is 17.3 Å². The first kappa shape index (κ1) is 47.5. The van der Waals surface area contributed by atoms with Crippen LogP contribution in [0.25, 0.3) is 22.3 Å². The zero-order chi connectivity index (χ0) is 49.5. The molecule has 2 aliphatic carbocycles. The van der Waals surface area contributed by atoms with Gasteiger partial charge in [-0.2, -0.15) is 0 Å². The number of anilines is 3. The van der Waals surface area contributed by atoms with Crippen molar-refractivity contribution in [1.82, 2.24) is 38.9 Å². The van der Waals surface area contributed by atoms with Crippen LogP contribution >= 0.6 is 0 Å². The molecule has 6 aliphatic heterocycles. The maximum Gasteiger partial charge on any atom is 0.238 e. The molecule has 18 heteroatoms. The van der Waals surface area contributed by atoms with E-state index in [4.69, 9.17) is 9.97 Å². The maximum atomic E-state index is 15.2. The lowest BCUT2D eigenvalue weighted by Gasteiger charge is -2.48. The quantitative estimate of drug-likeness (QED) is 0.165. The first-order chi connectivity index (χ1) is 34.8. The fourth-order valence-electron chi connectivity index (χ4n) is 13.2. The molecule has 2 saturated carbocycles. The Morgan fingerprint density at radius 3 is 2.25 bits per heavy atom. The number of likely N-dealkylation sites (tertiary alicyclic amines) is 2. The molecule has 2 N–H and O–H groups in total. The highest BCUT2D eigenvalue weighted by Gasteiger charge is 2.56. The normalized spacial score (nSPS) is 25.8. The number of pyridine rings is 2. The molecule has 0 bridgehead atoms. The molecule has 1 aromatic carbocycles. The Bertz CT molecular complexity index is 2870. The Morgan fingerprint density at radius 1 is 0.819 bits per heavy atom. The summed E-state index contributed by atoms with van der Waals surface area (Å²) in [6, 6.07) is 13.6. The maximum absolute atomic E-state index is 15.2. The van der Waals surface area contributed by atoms with Crippen molar-refractivity contribution in [1.29, 1.82) is 0 Å². The van der Waals surface area contributed by atoms with Gasteiger partial charge in [0.2, 0.25) is 33.7 Å². The highest BCUT2D eigenvalue weighted by Crippen LogP contribution is 2.52. The largest absolute Gasteiger partial charge is 0.366 e. The smallest absolute Gasteiger partial charge is 0.238 e. The van der Waals surface area contributed by atoms with Gasteiger partial charge in [0.15, 0.2) is 5.82 Å². The Morgan fingerprint density at radius 2 is 1.57 bits per heavy atom. The Balaban J connectivity index is 0.703. The van der Waals surface area contributed by atoms with Gasteiger partial charge in [-0.05, 0) is 140 Å². The third-order valence-corrected chi connectivity index (χ3v) is 20.2. The van der Waals surface area contributed by atoms with Crippen LogP contribution in [0.2, 0.25) is 0 Å². The van der Waals surface area contributed by atoms with Crippen LogP contribution in [0.15, 0.2) is 48.9 Å². The van der Waals surface area contributed by atoms with Gasteiger partial charge in [-0.15, -0.1) is 0 Å².